The van der Waals surface area contributed by atoms with Crippen molar-refractivity contribution in [1.29, 1.82) is 0 Å². The zero-order valence-electron chi connectivity index (χ0n) is 11.6. The van der Waals surface area contributed by atoms with Crippen LogP contribution in [0.4, 0.5) is 0 Å². The molecule has 2 N–H and O–H groups in total. The summed E-state index contributed by atoms with van der Waals surface area (Å²) in [6.45, 7) is 5.95. The van der Waals surface area contributed by atoms with Crippen LogP contribution in [0.1, 0.15) is 19.8 Å². The van der Waals surface area contributed by atoms with Gasteiger partial charge in [0.05, 0.1) is 5.54 Å². The summed E-state index contributed by atoms with van der Waals surface area (Å²) in [5.41, 5.74) is 5.55. The minimum absolute atomic E-state index is 0. The van der Waals surface area contributed by atoms with E-state index in [9.17, 15) is 4.79 Å². The van der Waals surface area contributed by atoms with Gasteiger partial charge in [0.1, 0.15) is 0 Å². The van der Waals surface area contributed by atoms with Crippen molar-refractivity contribution in [2.75, 3.05) is 39.9 Å². The van der Waals surface area contributed by atoms with Crippen LogP contribution in [0.25, 0.3) is 0 Å². The van der Waals surface area contributed by atoms with E-state index in [0.717, 1.165) is 19.6 Å². The van der Waals surface area contributed by atoms with Crippen LogP contribution in [0.15, 0.2) is 0 Å². The average Bonchev–Trinajstić information content (AvgIpc) is 2.29. The number of amides is 1. The molecule has 19 heavy (non-hydrogen) atoms. The molecule has 2 aliphatic rings. The number of carbonyl (C=O) groups is 1. The summed E-state index contributed by atoms with van der Waals surface area (Å²) in [6.07, 6.45) is 1.29. The molecule has 2 heterocycles. The number of halogens is 2. The van der Waals surface area contributed by atoms with E-state index in [1.165, 1.54) is 0 Å². The molecular formula is C12H25Cl2N3O2. The molecule has 2 saturated heterocycles. The second-order valence-electron chi connectivity index (χ2n) is 5.38. The maximum Gasteiger partial charge on any atom is 0.243 e. The smallest absolute Gasteiger partial charge is 0.243 e. The number of hydrogen-bond acceptors (Lipinski definition) is 4. The van der Waals surface area contributed by atoms with E-state index in [1.54, 1.807) is 0 Å². The SMILES string of the molecule is CC1CN(C)CCN1C(=O)C1(N)CCOCC1.Cl.Cl. The van der Waals surface area contributed by atoms with E-state index >= 15 is 0 Å². The molecule has 1 amide bonds. The van der Waals surface area contributed by atoms with E-state index in [2.05, 4.69) is 18.9 Å². The third-order valence-corrected chi connectivity index (χ3v) is 3.90. The zero-order chi connectivity index (χ0) is 12.5. The van der Waals surface area contributed by atoms with Crippen molar-refractivity contribution >= 4 is 30.7 Å². The Morgan fingerprint density at radius 1 is 1.26 bits per heavy atom. The van der Waals surface area contributed by atoms with Gasteiger partial charge in [0.15, 0.2) is 0 Å². The Kier molecular flexibility index (Phi) is 7.62. The molecule has 1 atom stereocenters. The molecule has 0 spiro atoms. The highest BCUT2D eigenvalue weighted by molar-refractivity contribution is 5.86. The van der Waals surface area contributed by atoms with Gasteiger partial charge in [-0.2, -0.15) is 0 Å². The molecule has 1 unspecified atom stereocenters. The fraction of sp³-hybridized carbons (Fsp3) is 0.917. The quantitative estimate of drug-likeness (QED) is 0.766. The lowest BCUT2D eigenvalue weighted by atomic mass is 9.89. The molecule has 0 aliphatic carbocycles. The lowest BCUT2D eigenvalue weighted by molar-refractivity contribution is -0.144. The topological polar surface area (TPSA) is 58.8 Å². The maximum atomic E-state index is 12.5. The molecular weight excluding hydrogens is 289 g/mol. The van der Waals surface area contributed by atoms with Gasteiger partial charge >= 0.3 is 0 Å². The molecule has 5 nitrogen and oxygen atoms in total. The van der Waals surface area contributed by atoms with E-state index in [4.69, 9.17) is 10.5 Å². The van der Waals surface area contributed by atoms with E-state index in [-0.39, 0.29) is 36.8 Å². The normalized spacial score (nSPS) is 27.1. The number of rotatable bonds is 1. The summed E-state index contributed by atoms with van der Waals surface area (Å²) < 4.78 is 5.29. The highest BCUT2D eigenvalue weighted by atomic mass is 35.5. The van der Waals surface area contributed by atoms with Crippen LogP contribution < -0.4 is 5.73 Å². The van der Waals surface area contributed by atoms with Gasteiger partial charge < -0.3 is 20.3 Å². The first kappa shape index (κ1) is 18.9. The van der Waals surface area contributed by atoms with Crippen molar-refractivity contribution in [3.63, 3.8) is 0 Å². The Labute approximate surface area is 127 Å². The highest BCUT2D eigenvalue weighted by Gasteiger charge is 2.41. The standard InChI is InChI=1S/C12H23N3O2.2ClH/c1-10-9-14(2)5-6-15(10)11(16)12(13)3-7-17-8-4-12;;/h10H,3-9,13H2,1-2H3;2*1H. The van der Waals surface area contributed by atoms with Gasteiger partial charge in [0, 0.05) is 38.9 Å². The second-order valence-corrected chi connectivity index (χ2v) is 5.38. The maximum absolute atomic E-state index is 12.5. The summed E-state index contributed by atoms with van der Waals surface area (Å²) in [5, 5.41) is 0. The molecule has 0 aromatic rings. The molecule has 0 aromatic heterocycles. The third-order valence-electron chi connectivity index (χ3n) is 3.90. The molecule has 2 aliphatic heterocycles. The molecule has 2 fully saturated rings. The largest absolute Gasteiger partial charge is 0.381 e. The Balaban J connectivity index is 0.00000162. The average molecular weight is 314 g/mol. The van der Waals surface area contributed by atoms with Crippen LogP contribution >= 0.6 is 24.8 Å². The predicted octanol–water partition coefficient (Wildman–Crippen LogP) is 0.500. The minimum atomic E-state index is -0.692. The van der Waals surface area contributed by atoms with E-state index < -0.39 is 5.54 Å². The molecule has 114 valence electrons. The van der Waals surface area contributed by atoms with Crippen LogP contribution in [0, 0.1) is 0 Å². The number of ether oxygens (including phenoxy) is 1. The summed E-state index contributed by atoms with van der Waals surface area (Å²) >= 11 is 0. The number of piperazine rings is 1. The van der Waals surface area contributed by atoms with Gasteiger partial charge in [-0.25, -0.2) is 0 Å². The summed E-state index contributed by atoms with van der Waals surface area (Å²) in [6, 6.07) is 0.254. The van der Waals surface area contributed by atoms with Crippen LogP contribution in [-0.2, 0) is 9.53 Å². The van der Waals surface area contributed by atoms with Crippen molar-refractivity contribution in [1.82, 2.24) is 9.80 Å². The van der Waals surface area contributed by atoms with Crippen molar-refractivity contribution in [2.24, 2.45) is 5.73 Å². The highest BCUT2D eigenvalue weighted by Crippen LogP contribution is 2.22. The van der Waals surface area contributed by atoms with Crippen molar-refractivity contribution in [3.8, 4) is 0 Å². The summed E-state index contributed by atoms with van der Waals surface area (Å²) in [5.74, 6) is 0.112. The van der Waals surface area contributed by atoms with Gasteiger partial charge in [-0.15, -0.1) is 24.8 Å². The number of carbonyl (C=O) groups excluding carboxylic acids is 1. The Morgan fingerprint density at radius 3 is 2.37 bits per heavy atom. The van der Waals surface area contributed by atoms with Crippen molar-refractivity contribution in [2.45, 2.75) is 31.3 Å². The molecule has 0 radical (unpaired) electrons. The Hall–Kier alpha value is -0.0700. The van der Waals surface area contributed by atoms with E-state index in [1.807, 2.05) is 4.90 Å². The molecule has 0 bridgehead atoms. The summed E-state index contributed by atoms with van der Waals surface area (Å²) in [7, 11) is 2.09. The Morgan fingerprint density at radius 2 is 1.84 bits per heavy atom. The molecule has 0 aromatic carbocycles. The van der Waals surface area contributed by atoms with Gasteiger partial charge in [0.25, 0.3) is 0 Å². The van der Waals surface area contributed by atoms with Crippen LogP contribution in [0.3, 0.4) is 0 Å². The molecule has 0 saturated carbocycles. The van der Waals surface area contributed by atoms with Crippen LogP contribution in [0.2, 0.25) is 0 Å². The van der Waals surface area contributed by atoms with Gasteiger partial charge in [0.2, 0.25) is 5.91 Å². The lowest BCUT2D eigenvalue weighted by Gasteiger charge is -2.43. The number of likely N-dealkylation sites (N-methyl/N-ethyl adjacent to an activating group) is 1. The summed E-state index contributed by atoms with van der Waals surface area (Å²) in [4.78, 5) is 16.7. The molecule has 2 rings (SSSR count). The third kappa shape index (κ3) is 4.20. The zero-order valence-corrected chi connectivity index (χ0v) is 13.3. The predicted molar refractivity (Wildman–Crippen MR) is 80.1 cm³/mol. The monoisotopic (exact) mass is 313 g/mol. The first-order chi connectivity index (χ1) is 8.03. The minimum Gasteiger partial charge on any atom is -0.381 e. The first-order valence-electron chi connectivity index (χ1n) is 6.39. The number of hydrogen-bond donors (Lipinski definition) is 1. The molecule has 7 heteroatoms. The van der Waals surface area contributed by atoms with Crippen molar-refractivity contribution in [3.05, 3.63) is 0 Å². The van der Waals surface area contributed by atoms with Crippen LogP contribution in [0.5, 0.6) is 0 Å². The fourth-order valence-electron chi connectivity index (χ4n) is 2.68. The Bertz CT molecular complexity index is 299. The number of nitrogens with zero attached hydrogens (tertiary/aromatic N) is 2. The van der Waals surface area contributed by atoms with Crippen molar-refractivity contribution < 1.29 is 9.53 Å². The van der Waals surface area contributed by atoms with Gasteiger partial charge in [-0.05, 0) is 26.8 Å². The lowest BCUT2D eigenvalue weighted by Crippen LogP contribution is -2.63. The first-order valence-corrected chi connectivity index (χ1v) is 6.39. The van der Waals surface area contributed by atoms with E-state index in [0.29, 0.717) is 26.1 Å². The van der Waals surface area contributed by atoms with Gasteiger partial charge in [-0.3, -0.25) is 4.79 Å². The number of nitrogens with two attached hydrogens (primary N) is 1. The van der Waals surface area contributed by atoms with Gasteiger partial charge in [-0.1, -0.05) is 0 Å². The fourth-order valence-corrected chi connectivity index (χ4v) is 2.68. The van der Waals surface area contributed by atoms with Crippen LogP contribution in [-0.4, -0.2) is 67.2 Å². The second kappa shape index (κ2) is 7.64.